The maximum Gasteiger partial charge on any atom is 0.119 e. The van der Waals surface area contributed by atoms with Crippen molar-refractivity contribution in [1.82, 2.24) is 0 Å². The smallest absolute Gasteiger partial charge is 0.119 e. The van der Waals surface area contributed by atoms with Crippen molar-refractivity contribution in [2.24, 2.45) is 0 Å². The SMILES string of the molecule is CCOc1ccc(N(c2cc[c]cc2)c2ccccc2)cc1. The van der Waals surface area contributed by atoms with Gasteiger partial charge in [0.1, 0.15) is 5.75 Å². The van der Waals surface area contributed by atoms with Gasteiger partial charge in [-0.1, -0.05) is 30.3 Å². The predicted molar refractivity (Wildman–Crippen MR) is 91.1 cm³/mol. The summed E-state index contributed by atoms with van der Waals surface area (Å²) in [6.07, 6.45) is 0. The van der Waals surface area contributed by atoms with Crippen molar-refractivity contribution in [3.63, 3.8) is 0 Å². The monoisotopic (exact) mass is 288 g/mol. The zero-order valence-electron chi connectivity index (χ0n) is 12.6. The fraction of sp³-hybridized carbons (Fsp3) is 0.100. The Kier molecular flexibility index (Phi) is 4.40. The zero-order valence-corrected chi connectivity index (χ0v) is 12.6. The summed E-state index contributed by atoms with van der Waals surface area (Å²) < 4.78 is 5.53. The highest BCUT2D eigenvalue weighted by molar-refractivity contribution is 5.76. The van der Waals surface area contributed by atoms with Crippen LogP contribution < -0.4 is 9.64 Å². The molecular formula is C20H18NO. The van der Waals surface area contributed by atoms with E-state index in [1.807, 2.05) is 49.4 Å². The molecule has 0 unspecified atom stereocenters. The van der Waals surface area contributed by atoms with Gasteiger partial charge in [0.2, 0.25) is 0 Å². The second-order valence-electron chi connectivity index (χ2n) is 4.86. The Hall–Kier alpha value is -2.74. The van der Waals surface area contributed by atoms with Crippen LogP contribution in [-0.2, 0) is 0 Å². The van der Waals surface area contributed by atoms with Crippen molar-refractivity contribution in [2.75, 3.05) is 11.5 Å². The Morgan fingerprint density at radius 1 is 0.773 bits per heavy atom. The van der Waals surface area contributed by atoms with E-state index in [2.05, 4.69) is 47.4 Å². The number of hydrogen-bond acceptors (Lipinski definition) is 2. The van der Waals surface area contributed by atoms with Gasteiger partial charge in [-0.15, -0.1) is 0 Å². The molecule has 22 heavy (non-hydrogen) atoms. The van der Waals surface area contributed by atoms with Crippen molar-refractivity contribution in [2.45, 2.75) is 6.92 Å². The standard InChI is InChI=1S/C20H18NO/c1-2-22-20-15-13-19(14-16-20)21(17-9-5-3-6-10-17)18-11-7-4-8-12-18/h3,5-16H,2H2,1H3. The van der Waals surface area contributed by atoms with Crippen LogP contribution in [0, 0.1) is 6.07 Å². The van der Waals surface area contributed by atoms with Crippen molar-refractivity contribution in [1.29, 1.82) is 0 Å². The first-order chi connectivity index (χ1) is 10.9. The van der Waals surface area contributed by atoms with Gasteiger partial charge in [-0.2, -0.15) is 0 Å². The summed E-state index contributed by atoms with van der Waals surface area (Å²) in [7, 11) is 0. The maximum atomic E-state index is 5.53. The fourth-order valence-electron chi connectivity index (χ4n) is 2.41. The van der Waals surface area contributed by atoms with Crippen LogP contribution in [0.2, 0.25) is 0 Å². The number of benzene rings is 3. The Labute approximate surface area is 131 Å². The van der Waals surface area contributed by atoms with E-state index in [-0.39, 0.29) is 0 Å². The van der Waals surface area contributed by atoms with E-state index in [1.54, 1.807) is 0 Å². The van der Waals surface area contributed by atoms with Crippen LogP contribution in [0.1, 0.15) is 6.92 Å². The van der Waals surface area contributed by atoms with Crippen molar-refractivity contribution in [3.05, 3.63) is 84.9 Å². The Morgan fingerprint density at radius 2 is 1.36 bits per heavy atom. The van der Waals surface area contributed by atoms with Crippen LogP contribution in [0.25, 0.3) is 0 Å². The number of ether oxygens (including phenoxy) is 1. The third kappa shape index (κ3) is 3.12. The molecule has 0 aromatic heterocycles. The van der Waals surface area contributed by atoms with Gasteiger partial charge in [0.25, 0.3) is 0 Å². The normalized spacial score (nSPS) is 10.2. The average molecular weight is 288 g/mol. The van der Waals surface area contributed by atoms with Crippen LogP contribution >= 0.6 is 0 Å². The van der Waals surface area contributed by atoms with E-state index in [0.29, 0.717) is 6.61 Å². The Morgan fingerprint density at radius 3 is 2.00 bits per heavy atom. The summed E-state index contributed by atoms with van der Waals surface area (Å²) in [6, 6.07) is 29.5. The lowest BCUT2D eigenvalue weighted by atomic mass is 10.2. The van der Waals surface area contributed by atoms with E-state index in [4.69, 9.17) is 4.74 Å². The highest BCUT2D eigenvalue weighted by Crippen LogP contribution is 2.34. The minimum atomic E-state index is 0.677. The first-order valence-corrected chi connectivity index (χ1v) is 7.42. The summed E-state index contributed by atoms with van der Waals surface area (Å²) >= 11 is 0. The molecule has 2 nitrogen and oxygen atoms in total. The van der Waals surface area contributed by atoms with Crippen molar-refractivity contribution >= 4 is 17.1 Å². The highest BCUT2D eigenvalue weighted by Gasteiger charge is 2.11. The molecule has 3 aromatic carbocycles. The molecule has 1 radical (unpaired) electrons. The average Bonchev–Trinajstić information content (AvgIpc) is 2.59. The molecule has 0 N–H and O–H groups in total. The molecule has 2 heteroatoms. The number of para-hydroxylation sites is 1. The van der Waals surface area contributed by atoms with Crippen LogP contribution in [0.15, 0.2) is 78.9 Å². The second kappa shape index (κ2) is 6.81. The van der Waals surface area contributed by atoms with Gasteiger partial charge in [0.15, 0.2) is 0 Å². The molecule has 0 heterocycles. The van der Waals surface area contributed by atoms with Crippen molar-refractivity contribution in [3.8, 4) is 5.75 Å². The Balaban J connectivity index is 2.02. The summed E-state index contributed by atoms with van der Waals surface area (Å²) in [5.41, 5.74) is 3.33. The van der Waals surface area contributed by atoms with E-state index in [9.17, 15) is 0 Å². The first kappa shape index (κ1) is 14.2. The predicted octanol–water partition coefficient (Wildman–Crippen LogP) is 5.36. The van der Waals surface area contributed by atoms with Gasteiger partial charge in [-0.05, 0) is 61.5 Å². The molecule has 0 atom stereocenters. The molecule has 0 aliphatic carbocycles. The molecule has 0 fully saturated rings. The van der Waals surface area contributed by atoms with Crippen LogP contribution in [0.4, 0.5) is 17.1 Å². The molecule has 3 rings (SSSR count). The molecule has 0 bridgehead atoms. The summed E-state index contributed by atoms with van der Waals surface area (Å²) in [5, 5.41) is 0. The Bertz CT molecular complexity index is 653. The van der Waals surface area contributed by atoms with Gasteiger partial charge in [0.05, 0.1) is 6.61 Å². The molecule has 0 saturated heterocycles. The van der Waals surface area contributed by atoms with Gasteiger partial charge in [-0.3, -0.25) is 0 Å². The van der Waals surface area contributed by atoms with E-state index in [1.165, 1.54) is 0 Å². The first-order valence-electron chi connectivity index (χ1n) is 7.42. The lowest BCUT2D eigenvalue weighted by molar-refractivity contribution is 0.340. The third-order valence-electron chi connectivity index (χ3n) is 3.38. The zero-order chi connectivity index (χ0) is 15.2. The number of anilines is 3. The number of nitrogens with zero attached hydrogens (tertiary/aromatic N) is 1. The minimum absolute atomic E-state index is 0.677. The van der Waals surface area contributed by atoms with E-state index < -0.39 is 0 Å². The summed E-state index contributed by atoms with van der Waals surface area (Å²) in [6.45, 7) is 2.67. The van der Waals surface area contributed by atoms with Crippen LogP contribution in [-0.4, -0.2) is 6.61 Å². The fourth-order valence-corrected chi connectivity index (χ4v) is 2.41. The number of hydrogen-bond donors (Lipinski definition) is 0. The quantitative estimate of drug-likeness (QED) is 0.627. The van der Waals surface area contributed by atoms with E-state index in [0.717, 1.165) is 22.8 Å². The molecule has 0 aliphatic rings. The van der Waals surface area contributed by atoms with Crippen molar-refractivity contribution < 1.29 is 4.74 Å². The summed E-state index contributed by atoms with van der Waals surface area (Å²) in [5.74, 6) is 0.889. The second-order valence-corrected chi connectivity index (χ2v) is 4.86. The molecule has 0 spiro atoms. The van der Waals surface area contributed by atoms with Gasteiger partial charge < -0.3 is 9.64 Å². The molecule has 0 aliphatic heterocycles. The molecule has 3 aromatic rings. The topological polar surface area (TPSA) is 12.5 Å². The lowest BCUT2D eigenvalue weighted by Gasteiger charge is -2.25. The molecule has 0 amide bonds. The van der Waals surface area contributed by atoms with Gasteiger partial charge in [0, 0.05) is 17.1 Å². The molecule has 109 valence electrons. The lowest BCUT2D eigenvalue weighted by Crippen LogP contribution is -2.09. The van der Waals surface area contributed by atoms with Crippen LogP contribution in [0.5, 0.6) is 5.75 Å². The third-order valence-corrected chi connectivity index (χ3v) is 3.38. The largest absolute Gasteiger partial charge is 0.494 e. The van der Waals surface area contributed by atoms with Gasteiger partial charge >= 0.3 is 0 Å². The highest BCUT2D eigenvalue weighted by atomic mass is 16.5. The minimum Gasteiger partial charge on any atom is -0.494 e. The van der Waals surface area contributed by atoms with E-state index >= 15 is 0 Å². The number of rotatable bonds is 5. The maximum absolute atomic E-state index is 5.53. The molecular weight excluding hydrogens is 270 g/mol. The van der Waals surface area contributed by atoms with Crippen LogP contribution in [0.3, 0.4) is 0 Å². The molecule has 0 saturated carbocycles. The van der Waals surface area contributed by atoms with Gasteiger partial charge in [-0.25, -0.2) is 0 Å². The summed E-state index contributed by atoms with van der Waals surface area (Å²) in [4.78, 5) is 2.21.